The van der Waals surface area contributed by atoms with Gasteiger partial charge in [0, 0.05) is 12.4 Å². The van der Waals surface area contributed by atoms with E-state index in [0.29, 0.717) is 13.1 Å². The van der Waals surface area contributed by atoms with Crippen LogP contribution in [0.15, 0.2) is 24.7 Å². The van der Waals surface area contributed by atoms with E-state index in [1.54, 1.807) is 35.6 Å². The van der Waals surface area contributed by atoms with Crippen LogP contribution in [0.4, 0.5) is 0 Å². The van der Waals surface area contributed by atoms with E-state index in [9.17, 15) is 5.11 Å². The van der Waals surface area contributed by atoms with E-state index in [1.165, 1.54) is 0 Å². The molecule has 0 saturated heterocycles. The maximum atomic E-state index is 9.65. The van der Waals surface area contributed by atoms with E-state index in [4.69, 9.17) is 0 Å². The summed E-state index contributed by atoms with van der Waals surface area (Å²) in [4.78, 5) is 0. The standard InChI is InChI=1S/C10H15N5O/c1-10(2,16)8-15-5-3-9(12-15)7-14-6-4-11-13-14/h3-6,16H,7-8H2,1-2H3. The first-order valence-corrected chi connectivity index (χ1v) is 5.12. The Morgan fingerprint density at radius 2 is 2.12 bits per heavy atom. The maximum absolute atomic E-state index is 9.65. The van der Waals surface area contributed by atoms with Gasteiger partial charge in [-0.3, -0.25) is 4.68 Å². The topological polar surface area (TPSA) is 68.8 Å². The summed E-state index contributed by atoms with van der Waals surface area (Å²) in [6.07, 6.45) is 5.27. The van der Waals surface area contributed by atoms with Crippen molar-refractivity contribution < 1.29 is 5.11 Å². The van der Waals surface area contributed by atoms with E-state index < -0.39 is 5.60 Å². The van der Waals surface area contributed by atoms with Crippen LogP contribution in [0.1, 0.15) is 19.5 Å². The average molecular weight is 221 g/mol. The summed E-state index contributed by atoms with van der Waals surface area (Å²) in [5, 5.41) is 21.6. The van der Waals surface area contributed by atoms with Crippen molar-refractivity contribution in [1.29, 1.82) is 0 Å². The van der Waals surface area contributed by atoms with Crippen molar-refractivity contribution in [2.24, 2.45) is 0 Å². The van der Waals surface area contributed by atoms with Gasteiger partial charge in [0.15, 0.2) is 0 Å². The van der Waals surface area contributed by atoms with Gasteiger partial charge in [0.2, 0.25) is 0 Å². The maximum Gasteiger partial charge on any atom is 0.0867 e. The Bertz CT molecular complexity index is 440. The zero-order chi connectivity index (χ0) is 11.6. The smallest absolute Gasteiger partial charge is 0.0867 e. The molecule has 0 aliphatic rings. The van der Waals surface area contributed by atoms with Gasteiger partial charge in [0.1, 0.15) is 0 Å². The molecule has 0 fully saturated rings. The molecule has 1 N–H and O–H groups in total. The first-order chi connectivity index (χ1) is 7.53. The van der Waals surface area contributed by atoms with Crippen LogP contribution < -0.4 is 0 Å². The fourth-order valence-electron chi connectivity index (χ4n) is 1.46. The summed E-state index contributed by atoms with van der Waals surface area (Å²) in [6.45, 7) is 4.58. The van der Waals surface area contributed by atoms with Crippen molar-refractivity contribution in [2.75, 3.05) is 0 Å². The van der Waals surface area contributed by atoms with Crippen LogP contribution in [-0.4, -0.2) is 35.5 Å². The Labute approximate surface area is 93.5 Å². The molecule has 6 nitrogen and oxygen atoms in total. The van der Waals surface area contributed by atoms with E-state index >= 15 is 0 Å². The summed E-state index contributed by atoms with van der Waals surface area (Å²) in [6, 6.07) is 1.91. The lowest BCUT2D eigenvalue weighted by molar-refractivity contribution is 0.0576. The molecule has 2 heterocycles. The second kappa shape index (κ2) is 4.05. The molecule has 0 amide bonds. The molecular weight excluding hydrogens is 206 g/mol. The van der Waals surface area contributed by atoms with Crippen molar-refractivity contribution in [2.45, 2.75) is 32.5 Å². The third kappa shape index (κ3) is 2.90. The monoisotopic (exact) mass is 221 g/mol. The highest BCUT2D eigenvalue weighted by molar-refractivity contribution is 4.99. The average Bonchev–Trinajstić information content (AvgIpc) is 2.75. The zero-order valence-corrected chi connectivity index (χ0v) is 9.41. The van der Waals surface area contributed by atoms with Gasteiger partial charge in [0.05, 0.1) is 30.6 Å². The van der Waals surface area contributed by atoms with Gasteiger partial charge < -0.3 is 5.11 Å². The van der Waals surface area contributed by atoms with E-state index in [1.807, 2.05) is 12.3 Å². The van der Waals surface area contributed by atoms with Crippen molar-refractivity contribution in [1.82, 2.24) is 24.8 Å². The van der Waals surface area contributed by atoms with Crippen molar-refractivity contribution in [3.8, 4) is 0 Å². The summed E-state index contributed by atoms with van der Waals surface area (Å²) in [5.74, 6) is 0. The highest BCUT2D eigenvalue weighted by Crippen LogP contribution is 2.06. The third-order valence-corrected chi connectivity index (χ3v) is 2.04. The molecule has 0 radical (unpaired) electrons. The minimum absolute atomic E-state index is 0.477. The van der Waals surface area contributed by atoms with Crippen LogP contribution in [0.2, 0.25) is 0 Å². The SMILES string of the molecule is CC(C)(O)Cn1ccc(Cn2ccnn2)n1. The summed E-state index contributed by atoms with van der Waals surface area (Å²) >= 11 is 0. The molecule has 0 bridgehead atoms. The summed E-state index contributed by atoms with van der Waals surface area (Å²) in [5.41, 5.74) is 0.144. The lowest BCUT2D eigenvalue weighted by Gasteiger charge is -2.16. The summed E-state index contributed by atoms with van der Waals surface area (Å²) < 4.78 is 3.43. The number of rotatable bonds is 4. The van der Waals surface area contributed by atoms with Crippen LogP contribution in [0, 0.1) is 0 Å². The van der Waals surface area contributed by atoms with E-state index in [2.05, 4.69) is 15.4 Å². The van der Waals surface area contributed by atoms with Crippen LogP contribution in [-0.2, 0) is 13.1 Å². The molecule has 86 valence electrons. The first-order valence-electron chi connectivity index (χ1n) is 5.12. The second-order valence-corrected chi connectivity index (χ2v) is 4.42. The van der Waals surface area contributed by atoms with Crippen molar-refractivity contribution in [3.05, 3.63) is 30.4 Å². The number of hydrogen-bond acceptors (Lipinski definition) is 4. The highest BCUT2D eigenvalue weighted by atomic mass is 16.3. The molecule has 0 spiro atoms. The van der Waals surface area contributed by atoms with E-state index in [0.717, 1.165) is 5.69 Å². The third-order valence-electron chi connectivity index (χ3n) is 2.04. The number of nitrogens with zero attached hydrogens (tertiary/aromatic N) is 5. The lowest BCUT2D eigenvalue weighted by Crippen LogP contribution is -2.26. The predicted octanol–water partition coefficient (Wildman–Crippen LogP) is 0.294. The van der Waals surface area contributed by atoms with Gasteiger partial charge in [-0.1, -0.05) is 5.21 Å². The van der Waals surface area contributed by atoms with Gasteiger partial charge in [-0.25, -0.2) is 4.68 Å². The molecule has 0 unspecified atom stereocenters. The molecule has 0 atom stereocenters. The Balaban J connectivity index is 2.03. The van der Waals surface area contributed by atoms with Crippen LogP contribution in [0.5, 0.6) is 0 Å². The van der Waals surface area contributed by atoms with Gasteiger partial charge >= 0.3 is 0 Å². The number of hydrogen-bond donors (Lipinski definition) is 1. The lowest BCUT2D eigenvalue weighted by atomic mass is 10.1. The fraction of sp³-hybridized carbons (Fsp3) is 0.500. The first kappa shape index (κ1) is 10.8. The van der Waals surface area contributed by atoms with Gasteiger partial charge in [-0.05, 0) is 19.9 Å². The summed E-state index contributed by atoms with van der Waals surface area (Å²) in [7, 11) is 0. The fourth-order valence-corrected chi connectivity index (χ4v) is 1.46. The van der Waals surface area contributed by atoms with Gasteiger partial charge in [-0.15, -0.1) is 5.10 Å². The normalized spacial score (nSPS) is 11.9. The molecule has 2 aromatic rings. The van der Waals surface area contributed by atoms with Gasteiger partial charge in [0.25, 0.3) is 0 Å². The van der Waals surface area contributed by atoms with E-state index in [-0.39, 0.29) is 0 Å². The largest absolute Gasteiger partial charge is 0.389 e. The predicted molar refractivity (Wildman–Crippen MR) is 57.6 cm³/mol. The van der Waals surface area contributed by atoms with Crippen LogP contribution in [0.25, 0.3) is 0 Å². The molecular formula is C10H15N5O. The molecule has 2 aromatic heterocycles. The zero-order valence-electron chi connectivity index (χ0n) is 9.41. The second-order valence-electron chi connectivity index (χ2n) is 4.42. The minimum Gasteiger partial charge on any atom is -0.389 e. The molecule has 0 saturated carbocycles. The molecule has 0 aromatic carbocycles. The number of aliphatic hydroxyl groups is 1. The molecule has 6 heteroatoms. The molecule has 16 heavy (non-hydrogen) atoms. The Kier molecular flexibility index (Phi) is 2.74. The van der Waals surface area contributed by atoms with Crippen molar-refractivity contribution >= 4 is 0 Å². The Morgan fingerprint density at radius 3 is 2.75 bits per heavy atom. The molecule has 0 aliphatic carbocycles. The van der Waals surface area contributed by atoms with Crippen LogP contribution in [0.3, 0.4) is 0 Å². The highest BCUT2D eigenvalue weighted by Gasteiger charge is 2.14. The quantitative estimate of drug-likeness (QED) is 0.806. The molecule has 2 rings (SSSR count). The Hall–Kier alpha value is -1.69. The minimum atomic E-state index is -0.753. The van der Waals surface area contributed by atoms with Crippen LogP contribution >= 0.6 is 0 Å². The molecule has 0 aliphatic heterocycles. The van der Waals surface area contributed by atoms with Crippen molar-refractivity contribution in [3.63, 3.8) is 0 Å². The number of aromatic nitrogens is 5. The van der Waals surface area contributed by atoms with Gasteiger partial charge in [-0.2, -0.15) is 5.10 Å². The Morgan fingerprint density at radius 1 is 1.31 bits per heavy atom.